The van der Waals surface area contributed by atoms with Gasteiger partial charge in [-0.1, -0.05) is 26.2 Å². The van der Waals surface area contributed by atoms with Gasteiger partial charge in [-0.15, -0.1) is 0 Å². The zero-order valence-corrected chi connectivity index (χ0v) is 9.71. The molecule has 1 heterocycles. The van der Waals surface area contributed by atoms with Crippen molar-refractivity contribution < 1.29 is 9.53 Å². The molecule has 3 atom stereocenters. The van der Waals surface area contributed by atoms with Crippen LogP contribution in [0.5, 0.6) is 0 Å². The van der Waals surface area contributed by atoms with E-state index in [2.05, 4.69) is 6.92 Å². The fraction of sp³-hybridized carbons (Fsp3) is 0.923. The highest BCUT2D eigenvalue weighted by Gasteiger charge is 2.44. The van der Waals surface area contributed by atoms with Gasteiger partial charge in [0, 0.05) is 0 Å². The molecule has 1 saturated heterocycles. The molecule has 1 saturated carbocycles. The molecule has 1 spiro atoms. The van der Waals surface area contributed by atoms with Gasteiger partial charge in [-0.05, 0) is 38.0 Å². The summed E-state index contributed by atoms with van der Waals surface area (Å²) in [5.74, 6) is 0.689. The van der Waals surface area contributed by atoms with Gasteiger partial charge in [0.2, 0.25) is 0 Å². The summed E-state index contributed by atoms with van der Waals surface area (Å²) in [7, 11) is 0. The van der Waals surface area contributed by atoms with Crippen molar-refractivity contribution in [3.63, 3.8) is 0 Å². The first-order valence-corrected chi connectivity index (χ1v) is 6.44. The van der Waals surface area contributed by atoms with Crippen molar-refractivity contribution in [2.45, 2.75) is 70.0 Å². The van der Waals surface area contributed by atoms with E-state index >= 15 is 0 Å². The number of ether oxygens (including phenoxy) is 1. The van der Waals surface area contributed by atoms with Crippen molar-refractivity contribution in [1.82, 2.24) is 0 Å². The van der Waals surface area contributed by atoms with E-state index in [4.69, 9.17) is 4.74 Å². The Hall–Kier alpha value is -0.370. The van der Waals surface area contributed by atoms with Crippen LogP contribution in [0.25, 0.3) is 0 Å². The van der Waals surface area contributed by atoms with E-state index in [0.29, 0.717) is 5.92 Å². The third-order valence-corrected chi connectivity index (χ3v) is 4.27. The van der Waals surface area contributed by atoms with Crippen LogP contribution in [-0.2, 0) is 9.53 Å². The van der Waals surface area contributed by atoms with Gasteiger partial charge in [0.1, 0.15) is 12.4 Å². The van der Waals surface area contributed by atoms with Gasteiger partial charge < -0.3 is 9.53 Å². The Kier molecular flexibility index (Phi) is 3.45. The Morgan fingerprint density at radius 3 is 2.80 bits per heavy atom. The first-order chi connectivity index (χ1) is 7.30. The smallest absolute Gasteiger partial charge is 0.148 e. The van der Waals surface area contributed by atoms with Crippen molar-refractivity contribution in [1.29, 1.82) is 0 Å². The van der Waals surface area contributed by atoms with Gasteiger partial charge >= 0.3 is 0 Å². The molecule has 0 aromatic rings. The van der Waals surface area contributed by atoms with Crippen LogP contribution in [0.3, 0.4) is 0 Å². The van der Waals surface area contributed by atoms with Crippen LogP contribution in [0, 0.1) is 5.92 Å². The maximum atomic E-state index is 10.9. The maximum absolute atomic E-state index is 10.9. The highest BCUT2D eigenvalue weighted by molar-refractivity contribution is 5.56. The summed E-state index contributed by atoms with van der Waals surface area (Å²) in [5.41, 5.74) is 0.0663. The Morgan fingerprint density at radius 2 is 2.07 bits per heavy atom. The molecule has 2 aliphatic rings. The second kappa shape index (κ2) is 4.65. The van der Waals surface area contributed by atoms with E-state index in [9.17, 15) is 4.79 Å². The lowest BCUT2D eigenvalue weighted by molar-refractivity contribution is -0.175. The summed E-state index contributed by atoms with van der Waals surface area (Å²) >= 11 is 0. The lowest BCUT2D eigenvalue weighted by Gasteiger charge is -2.48. The van der Waals surface area contributed by atoms with Crippen molar-refractivity contribution in [3.8, 4) is 0 Å². The van der Waals surface area contributed by atoms with E-state index in [1.807, 2.05) is 0 Å². The summed E-state index contributed by atoms with van der Waals surface area (Å²) in [6.45, 7) is 2.26. The van der Waals surface area contributed by atoms with Crippen molar-refractivity contribution in [2.24, 2.45) is 5.92 Å². The van der Waals surface area contributed by atoms with Crippen LogP contribution in [0.1, 0.15) is 58.3 Å². The molecule has 2 fully saturated rings. The van der Waals surface area contributed by atoms with Crippen LogP contribution in [0.4, 0.5) is 0 Å². The minimum atomic E-state index is -0.120. The first-order valence-electron chi connectivity index (χ1n) is 6.44. The minimum Gasteiger partial charge on any atom is -0.364 e. The highest BCUT2D eigenvalue weighted by Crippen LogP contribution is 2.45. The van der Waals surface area contributed by atoms with Gasteiger partial charge in [-0.3, -0.25) is 0 Å². The molecular weight excluding hydrogens is 188 g/mol. The molecule has 2 nitrogen and oxygen atoms in total. The standard InChI is InChI=1S/C13H22O2/c1-2-11-6-3-4-8-13(11)9-5-7-12(10-14)15-13/h10-12H,2-9H2,1H3. The predicted octanol–water partition coefficient (Wildman–Crippen LogP) is 3.09. The monoisotopic (exact) mass is 210 g/mol. The summed E-state index contributed by atoms with van der Waals surface area (Å²) in [5, 5.41) is 0. The molecule has 2 heteroatoms. The normalized spacial score (nSPS) is 41.7. The summed E-state index contributed by atoms with van der Waals surface area (Å²) in [6.07, 6.45) is 10.5. The fourth-order valence-electron chi connectivity index (χ4n) is 3.46. The molecule has 0 aromatic carbocycles. The van der Waals surface area contributed by atoms with E-state index in [1.54, 1.807) is 0 Å². The first kappa shape index (κ1) is 11.1. The third-order valence-electron chi connectivity index (χ3n) is 4.27. The van der Waals surface area contributed by atoms with Gasteiger partial charge in [0.25, 0.3) is 0 Å². The number of hydrogen-bond acceptors (Lipinski definition) is 2. The Bertz CT molecular complexity index is 223. The SMILES string of the molecule is CCC1CCCCC12CCCC(C=O)O2. The lowest BCUT2D eigenvalue weighted by atomic mass is 9.70. The molecule has 1 aliphatic heterocycles. The van der Waals surface area contributed by atoms with Crippen molar-refractivity contribution in [3.05, 3.63) is 0 Å². The number of hydrogen-bond donors (Lipinski definition) is 0. The van der Waals surface area contributed by atoms with Crippen LogP contribution in [-0.4, -0.2) is 18.0 Å². The molecular formula is C13H22O2. The second-order valence-corrected chi connectivity index (χ2v) is 5.10. The third kappa shape index (κ3) is 2.10. The number of carbonyl (C=O) groups is 1. The summed E-state index contributed by atoms with van der Waals surface area (Å²) in [4.78, 5) is 10.9. The van der Waals surface area contributed by atoms with Gasteiger partial charge in [0.05, 0.1) is 5.60 Å². The van der Waals surface area contributed by atoms with Gasteiger partial charge in [-0.25, -0.2) is 0 Å². The number of aldehydes is 1. The van der Waals surface area contributed by atoms with Crippen LogP contribution in [0.2, 0.25) is 0 Å². The largest absolute Gasteiger partial charge is 0.364 e. The molecule has 3 unspecified atom stereocenters. The number of rotatable bonds is 2. The van der Waals surface area contributed by atoms with E-state index < -0.39 is 0 Å². The Labute approximate surface area is 92.4 Å². The van der Waals surface area contributed by atoms with Crippen LogP contribution >= 0.6 is 0 Å². The van der Waals surface area contributed by atoms with Crippen molar-refractivity contribution >= 4 is 6.29 Å². The van der Waals surface area contributed by atoms with Gasteiger partial charge in [-0.2, -0.15) is 0 Å². The highest BCUT2D eigenvalue weighted by atomic mass is 16.5. The molecule has 0 radical (unpaired) electrons. The second-order valence-electron chi connectivity index (χ2n) is 5.10. The molecule has 86 valence electrons. The topological polar surface area (TPSA) is 26.3 Å². The maximum Gasteiger partial charge on any atom is 0.148 e. The molecule has 15 heavy (non-hydrogen) atoms. The molecule has 0 aromatic heterocycles. The van der Waals surface area contributed by atoms with E-state index in [0.717, 1.165) is 12.7 Å². The molecule has 0 N–H and O–H groups in total. The average Bonchev–Trinajstić information content (AvgIpc) is 2.30. The zero-order chi connectivity index (χ0) is 10.7. The predicted molar refractivity (Wildman–Crippen MR) is 59.8 cm³/mol. The summed E-state index contributed by atoms with van der Waals surface area (Å²) in [6, 6.07) is 0. The van der Waals surface area contributed by atoms with Crippen molar-refractivity contribution in [2.75, 3.05) is 0 Å². The quantitative estimate of drug-likeness (QED) is 0.655. The fourth-order valence-corrected chi connectivity index (χ4v) is 3.46. The molecule has 2 rings (SSSR count). The Morgan fingerprint density at radius 1 is 1.27 bits per heavy atom. The summed E-state index contributed by atoms with van der Waals surface area (Å²) < 4.78 is 6.10. The van der Waals surface area contributed by atoms with E-state index in [1.165, 1.54) is 44.9 Å². The molecule has 0 bridgehead atoms. The van der Waals surface area contributed by atoms with Crippen LogP contribution < -0.4 is 0 Å². The lowest BCUT2D eigenvalue weighted by Crippen LogP contribution is -2.48. The van der Waals surface area contributed by atoms with E-state index in [-0.39, 0.29) is 11.7 Å². The molecule has 1 aliphatic carbocycles. The molecule has 0 amide bonds. The number of carbonyl (C=O) groups excluding carboxylic acids is 1. The zero-order valence-electron chi connectivity index (χ0n) is 9.71. The van der Waals surface area contributed by atoms with Gasteiger partial charge in [0.15, 0.2) is 0 Å². The van der Waals surface area contributed by atoms with Crippen LogP contribution in [0.15, 0.2) is 0 Å². The Balaban J connectivity index is 2.10. The average molecular weight is 210 g/mol. The minimum absolute atomic E-state index is 0.0663.